The van der Waals surface area contributed by atoms with Crippen molar-refractivity contribution in [2.24, 2.45) is 0 Å². The lowest BCUT2D eigenvalue weighted by atomic mass is 10.1. The maximum atomic E-state index is 12.0. The van der Waals surface area contributed by atoms with Crippen LogP contribution in [0, 0.1) is 6.92 Å². The van der Waals surface area contributed by atoms with Gasteiger partial charge in [-0.05, 0) is 80.8 Å². The Kier molecular flexibility index (Phi) is 8.17. The Labute approximate surface area is 230 Å². The predicted octanol–water partition coefficient (Wildman–Crippen LogP) is 3.52. The first kappa shape index (κ1) is 27.5. The fraction of sp³-hybridized carbons (Fsp3) is 0.407. The Hall–Kier alpha value is -3.06. The minimum absolute atomic E-state index is 0.203. The average Bonchev–Trinajstić information content (AvgIpc) is 3.80. The van der Waals surface area contributed by atoms with Gasteiger partial charge >= 0.3 is 0 Å². The van der Waals surface area contributed by atoms with Crippen LogP contribution in [0.15, 0.2) is 54.7 Å². The highest BCUT2D eigenvalue weighted by Crippen LogP contribution is 2.28. The summed E-state index contributed by atoms with van der Waals surface area (Å²) < 4.78 is 53.2. The van der Waals surface area contributed by atoms with Gasteiger partial charge in [-0.25, -0.2) is 31.3 Å². The number of aryl methyl sites for hydroxylation is 1. The summed E-state index contributed by atoms with van der Waals surface area (Å²) in [5.74, 6) is 1.13. The fourth-order valence-electron chi connectivity index (χ4n) is 4.07. The van der Waals surface area contributed by atoms with Crippen LogP contribution in [0.5, 0.6) is 0 Å². The van der Waals surface area contributed by atoms with Crippen LogP contribution in [-0.4, -0.2) is 50.4 Å². The van der Waals surface area contributed by atoms with Gasteiger partial charge in [0.15, 0.2) is 0 Å². The average molecular weight is 571 g/mol. The first-order valence-corrected chi connectivity index (χ1v) is 16.3. The number of hydrogen-bond acceptors (Lipinski definition) is 8. The molecule has 0 unspecified atom stereocenters. The standard InChI is InChI=1S/C27H34N6O4S2/c1-19-18-28-27(32-23-8-4-21(5-9-23)15-17-30-39(36,37)25-12-13-25)33-26(19)31-22-6-2-20(3-7-22)14-16-29-38(34,35)24-10-11-24/h2-9,18,24-25,29-30H,10-17H2,1H3,(H2,28,31,32,33). The number of benzene rings is 2. The molecule has 1 heterocycles. The number of anilines is 4. The number of hydrogen-bond donors (Lipinski definition) is 4. The summed E-state index contributed by atoms with van der Waals surface area (Å²) in [6, 6.07) is 15.6. The summed E-state index contributed by atoms with van der Waals surface area (Å²) >= 11 is 0. The van der Waals surface area contributed by atoms with Gasteiger partial charge in [-0.2, -0.15) is 4.98 Å². The van der Waals surface area contributed by atoms with E-state index in [0.29, 0.717) is 37.7 Å². The number of sulfonamides is 2. The number of aromatic nitrogens is 2. The van der Waals surface area contributed by atoms with Gasteiger partial charge in [0, 0.05) is 36.2 Å². The molecule has 1 aromatic heterocycles. The molecule has 12 heteroatoms. The molecule has 0 radical (unpaired) electrons. The lowest BCUT2D eigenvalue weighted by molar-refractivity contribution is 0.578. The summed E-state index contributed by atoms with van der Waals surface area (Å²) in [6.45, 7) is 2.71. The van der Waals surface area contributed by atoms with E-state index in [2.05, 4.69) is 30.0 Å². The van der Waals surface area contributed by atoms with Gasteiger partial charge < -0.3 is 10.6 Å². The van der Waals surface area contributed by atoms with Crippen molar-refractivity contribution in [1.82, 2.24) is 19.4 Å². The molecule has 2 aliphatic carbocycles. The van der Waals surface area contributed by atoms with Crippen LogP contribution >= 0.6 is 0 Å². The van der Waals surface area contributed by atoms with Gasteiger partial charge in [-0.15, -0.1) is 0 Å². The van der Waals surface area contributed by atoms with E-state index in [1.165, 1.54) is 0 Å². The molecule has 2 fully saturated rings. The molecule has 0 aliphatic heterocycles. The van der Waals surface area contributed by atoms with Crippen LogP contribution < -0.4 is 20.1 Å². The minimum atomic E-state index is -3.16. The van der Waals surface area contributed by atoms with Crippen molar-refractivity contribution in [2.45, 2.75) is 55.9 Å². The molecule has 39 heavy (non-hydrogen) atoms. The van der Waals surface area contributed by atoms with Crippen molar-refractivity contribution < 1.29 is 16.8 Å². The monoisotopic (exact) mass is 570 g/mol. The third-order valence-corrected chi connectivity index (χ3v) is 10.7. The highest BCUT2D eigenvalue weighted by Gasteiger charge is 2.35. The van der Waals surface area contributed by atoms with Gasteiger partial charge in [0.1, 0.15) is 5.82 Å². The summed E-state index contributed by atoms with van der Waals surface area (Å²) in [6.07, 6.45) is 6.03. The number of rotatable bonds is 14. The van der Waals surface area contributed by atoms with Crippen molar-refractivity contribution in [3.63, 3.8) is 0 Å². The molecular weight excluding hydrogens is 536 g/mol. The third kappa shape index (κ3) is 7.75. The van der Waals surface area contributed by atoms with E-state index < -0.39 is 20.0 Å². The zero-order valence-electron chi connectivity index (χ0n) is 21.9. The Balaban J connectivity index is 1.12. The second-order valence-electron chi connectivity index (χ2n) is 10.1. The maximum Gasteiger partial charge on any atom is 0.229 e. The van der Waals surface area contributed by atoms with E-state index in [-0.39, 0.29) is 10.5 Å². The lowest BCUT2D eigenvalue weighted by Gasteiger charge is -2.12. The topological polar surface area (TPSA) is 142 Å². The van der Waals surface area contributed by atoms with Gasteiger partial charge in [-0.3, -0.25) is 0 Å². The van der Waals surface area contributed by atoms with E-state index >= 15 is 0 Å². The van der Waals surface area contributed by atoms with Crippen molar-refractivity contribution >= 4 is 43.2 Å². The van der Waals surface area contributed by atoms with Gasteiger partial charge in [0.2, 0.25) is 26.0 Å². The van der Waals surface area contributed by atoms with Crippen LogP contribution in [0.1, 0.15) is 42.4 Å². The quantitative estimate of drug-likeness (QED) is 0.231. The molecule has 3 aromatic rings. The predicted molar refractivity (Wildman–Crippen MR) is 154 cm³/mol. The van der Waals surface area contributed by atoms with Gasteiger partial charge in [0.25, 0.3) is 0 Å². The molecule has 0 amide bonds. The highest BCUT2D eigenvalue weighted by molar-refractivity contribution is 7.90. The van der Waals surface area contributed by atoms with E-state index in [4.69, 9.17) is 0 Å². The SMILES string of the molecule is Cc1cnc(Nc2ccc(CCNS(=O)(=O)C3CC3)cc2)nc1Nc1ccc(CCNS(=O)(=O)C2CC2)cc1. The first-order chi connectivity index (χ1) is 18.7. The zero-order chi connectivity index (χ0) is 27.5. The molecule has 5 rings (SSSR count). The normalized spacial score (nSPS) is 15.7. The Morgan fingerprint density at radius 1 is 0.718 bits per heavy atom. The van der Waals surface area contributed by atoms with Gasteiger partial charge in [-0.1, -0.05) is 24.3 Å². The minimum Gasteiger partial charge on any atom is -0.340 e. The highest BCUT2D eigenvalue weighted by atomic mass is 32.2. The van der Waals surface area contributed by atoms with E-state index in [9.17, 15) is 16.8 Å². The van der Waals surface area contributed by atoms with E-state index in [1.54, 1.807) is 6.20 Å². The Bertz CT molecular complexity index is 1500. The van der Waals surface area contributed by atoms with Crippen LogP contribution in [0.2, 0.25) is 0 Å². The molecule has 2 aromatic carbocycles. The number of nitrogens with zero attached hydrogens (tertiary/aromatic N) is 2. The molecule has 0 saturated heterocycles. The fourth-order valence-corrected chi connectivity index (χ4v) is 6.83. The molecule has 4 N–H and O–H groups in total. The van der Waals surface area contributed by atoms with Crippen molar-refractivity contribution in [1.29, 1.82) is 0 Å². The summed E-state index contributed by atoms with van der Waals surface area (Å²) in [5.41, 5.74) is 4.67. The summed E-state index contributed by atoms with van der Waals surface area (Å²) in [7, 11) is -6.31. The molecule has 10 nitrogen and oxygen atoms in total. The molecule has 208 valence electrons. The first-order valence-electron chi connectivity index (χ1n) is 13.2. The smallest absolute Gasteiger partial charge is 0.229 e. The maximum absolute atomic E-state index is 12.0. The number of nitrogens with one attached hydrogen (secondary N) is 4. The second-order valence-corrected chi connectivity index (χ2v) is 14.2. The van der Waals surface area contributed by atoms with Crippen molar-refractivity contribution in [3.8, 4) is 0 Å². The van der Waals surface area contributed by atoms with Crippen LogP contribution in [0.4, 0.5) is 23.1 Å². The van der Waals surface area contributed by atoms with E-state index in [1.807, 2.05) is 55.5 Å². The second kappa shape index (κ2) is 11.6. The van der Waals surface area contributed by atoms with E-state index in [0.717, 1.165) is 53.7 Å². The zero-order valence-corrected chi connectivity index (χ0v) is 23.5. The molecule has 2 saturated carbocycles. The molecule has 0 atom stereocenters. The lowest BCUT2D eigenvalue weighted by Crippen LogP contribution is -2.29. The van der Waals surface area contributed by atoms with Crippen LogP contribution in [-0.2, 0) is 32.9 Å². The Morgan fingerprint density at radius 3 is 1.64 bits per heavy atom. The van der Waals surface area contributed by atoms with Crippen molar-refractivity contribution in [3.05, 3.63) is 71.4 Å². The summed E-state index contributed by atoms with van der Waals surface area (Å²) in [5, 5.41) is 6.14. The largest absolute Gasteiger partial charge is 0.340 e. The van der Waals surface area contributed by atoms with Gasteiger partial charge in [0.05, 0.1) is 10.5 Å². The molecule has 0 spiro atoms. The van der Waals surface area contributed by atoms with Crippen LogP contribution in [0.25, 0.3) is 0 Å². The molecule has 2 aliphatic rings. The van der Waals surface area contributed by atoms with Crippen molar-refractivity contribution in [2.75, 3.05) is 23.7 Å². The van der Waals surface area contributed by atoms with Crippen LogP contribution in [0.3, 0.4) is 0 Å². The molecule has 0 bridgehead atoms. The molecular formula is C27H34N6O4S2. The summed E-state index contributed by atoms with van der Waals surface area (Å²) in [4.78, 5) is 9.01. The third-order valence-electron chi connectivity index (χ3n) is 6.76. The Morgan fingerprint density at radius 2 is 1.18 bits per heavy atom.